The van der Waals surface area contributed by atoms with Gasteiger partial charge in [-0.2, -0.15) is 0 Å². The van der Waals surface area contributed by atoms with Gasteiger partial charge in [0.25, 0.3) is 0 Å². The van der Waals surface area contributed by atoms with Gasteiger partial charge in [0.05, 0.1) is 3.79 Å². The number of carboxylic acid groups (broad SMARTS) is 1. The van der Waals surface area contributed by atoms with E-state index in [4.69, 9.17) is 5.11 Å². The van der Waals surface area contributed by atoms with Crippen molar-refractivity contribution in [3.63, 3.8) is 0 Å². The van der Waals surface area contributed by atoms with Gasteiger partial charge in [-0.05, 0) is 46.8 Å². The summed E-state index contributed by atoms with van der Waals surface area (Å²) >= 11 is 4.93. The first-order chi connectivity index (χ1) is 8.81. The maximum Gasteiger partial charge on any atom is 0.323 e. The summed E-state index contributed by atoms with van der Waals surface area (Å²) in [5, 5.41) is 10.8. The minimum atomic E-state index is -1.01. The van der Waals surface area contributed by atoms with E-state index in [9.17, 15) is 9.59 Å². The standard InChI is InChI=1S/C12H17BrN2O3S/c1-8(2)15(6-11(16)17)12(18)14(3)5-9-4-10(13)19-7-9/h4,7-8H,5-6H2,1-3H3,(H,16,17). The Morgan fingerprint density at radius 3 is 2.53 bits per heavy atom. The zero-order valence-electron chi connectivity index (χ0n) is 11.1. The van der Waals surface area contributed by atoms with Gasteiger partial charge in [-0.15, -0.1) is 11.3 Å². The van der Waals surface area contributed by atoms with Crippen LogP contribution in [0.25, 0.3) is 0 Å². The van der Waals surface area contributed by atoms with E-state index in [0.717, 1.165) is 9.35 Å². The van der Waals surface area contributed by atoms with Crippen LogP contribution in [0.3, 0.4) is 0 Å². The maximum atomic E-state index is 12.2. The van der Waals surface area contributed by atoms with Gasteiger partial charge < -0.3 is 14.9 Å². The van der Waals surface area contributed by atoms with Crippen LogP contribution in [0.4, 0.5) is 4.79 Å². The molecule has 0 saturated carbocycles. The first-order valence-corrected chi connectivity index (χ1v) is 7.45. The Hall–Kier alpha value is -1.08. The monoisotopic (exact) mass is 348 g/mol. The molecule has 19 heavy (non-hydrogen) atoms. The van der Waals surface area contributed by atoms with E-state index in [1.54, 1.807) is 32.2 Å². The molecule has 0 aromatic carbocycles. The molecule has 1 aromatic heterocycles. The highest BCUT2D eigenvalue weighted by Crippen LogP contribution is 2.21. The summed E-state index contributed by atoms with van der Waals surface area (Å²) < 4.78 is 1.01. The average Bonchev–Trinajstić information content (AvgIpc) is 2.70. The quantitative estimate of drug-likeness (QED) is 0.889. The topological polar surface area (TPSA) is 60.9 Å². The van der Waals surface area contributed by atoms with Crippen molar-refractivity contribution < 1.29 is 14.7 Å². The number of rotatable bonds is 5. The summed E-state index contributed by atoms with van der Waals surface area (Å²) in [6.45, 7) is 3.78. The minimum Gasteiger partial charge on any atom is -0.480 e. The molecule has 5 nitrogen and oxygen atoms in total. The molecule has 0 bridgehead atoms. The molecule has 0 aliphatic rings. The van der Waals surface area contributed by atoms with Crippen molar-refractivity contribution in [1.29, 1.82) is 0 Å². The van der Waals surface area contributed by atoms with Gasteiger partial charge in [0.2, 0.25) is 0 Å². The Morgan fingerprint density at radius 2 is 2.11 bits per heavy atom. The second-order valence-corrected chi connectivity index (χ2v) is 6.80. The van der Waals surface area contributed by atoms with Crippen LogP contribution in [0.2, 0.25) is 0 Å². The van der Waals surface area contributed by atoms with E-state index in [-0.39, 0.29) is 18.6 Å². The molecule has 0 fully saturated rings. The molecule has 0 aliphatic carbocycles. The number of aliphatic carboxylic acids is 1. The van der Waals surface area contributed by atoms with E-state index < -0.39 is 5.97 Å². The molecular weight excluding hydrogens is 332 g/mol. The van der Waals surface area contributed by atoms with Crippen LogP contribution in [0.5, 0.6) is 0 Å². The molecule has 0 saturated heterocycles. The summed E-state index contributed by atoms with van der Waals surface area (Å²) in [6.07, 6.45) is 0. The van der Waals surface area contributed by atoms with Crippen molar-refractivity contribution in [2.75, 3.05) is 13.6 Å². The molecule has 1 rings (SSSR count). The Kier molecular flexibility index (Phi) is 5.81. The number of carbonyl (C=O) groups excluding carboxylic acids is 1. The predicted molar refractivity (Wildman–Crippen MR) is 78.4 cm³/mol. The number of hydrogen-bond acceptors (Lipinski definition) is 3. The number of thiophene rings is 1. The smallest absolute Gasteiger partial charge is 0.323 e. The lowest BCUT2D eigenvalue weighted by molar-refractivity contribution is -0.138. The van der Waals surface area contributed by atoms with Crippen LogP contribution in [0.15, 0.2) is 15.2 Å². The Bertz CT molecular complexity index is 462. The number of hydrogen-bond donors (Lipinski definition) is 1. The second-order valence-electron chi connectivity index (χ2n) is 4.51. The van der Waals surface area contributed by atoms with E-state index in [2.05, 4.69) is 15.9 Å². The fourth-order valence-corrected chi connectivity index (χ4v) is 2.81. The van der Waals surface area contributed by atoms with Crippen molar-refractivity contribution in [3.05, 3.63) is 20.8 Å². The molecule has 106 valence electrons. The summed E-state index contributed by atoms with van der Waals surface area (Å²) in [6, 6.07) is 1.52. The molecule has 0 aliphatic heterocycles. The fourth-order valence-electron chi connectivity index (χ4n) is 1.61. The zero-order chi connectivity index (χ0) is 14.6. The zero-order valence-corrected chi connectivity index (χ0v) is 13.5. The molecule has 1 aromatic rings. The van der Waals surface area contributed by atoms with Crippen LogP contribution < -0.4 is 0 Å². The minimum absolute atomic E-state index is 0.153. The Morgan fingerprint density at radius 1 is 1.47 bits per heavy atom. The van der Waals surface area contributed by atoms with Gasteiger partial charge in [0.1, 0.15) is 6.54 Å². The lowest BCUT2D eigenvalue weighted by Gasteiger charge is -2.29. The molecular formula is C12H17BrN2O3S. The maximum absolute atomic E-state index is 12.2. The molecule has 7 heteroatoms. The average molecular weight is 349 g/mol. The third-order valence-electron chi connectivity index (χ3n) is 2.54. The van der Waals surface area contributed by atoms with Crippen LogP contribution in [-0.4, -0.2) is 46.5 Å². The fraction of sp³-hybridized carbons (Fsp3) is 0.500. The molecule has 0 unspecified atom stereocenters. The lowest BCUT2D eigenvalue weighted by atomic mass is 10.3. The van der Waals surface area contributed by atoms with E-state index >= 15 is 0 Å². The van der Waals surface area contributed by atoms with Crippen LogP contribution in [-0.2, 0) is 11.3 Å². The molecule has 1 heterocycles. The van der Waals surface area contributed by atoms with Crippen LogP contribution in [0, 0.1) is 0 Å². The third-order valence-corrected chi connectivity index (χ3v) is 4.10. The first kappa shape index (κ1) is 16.0. The molecule has 2 amide bonds. The van der Waals surface area contributed by atoms with Crippen molar-refractivity contribution in [2.24, 2.45) is 0 Å². The highest BCUT2D eigenvalue weighted by Gasteiger charge is 2.23. The number of carbonyl (C=O) groups is 2. The summed E-state index contributed by atoms with van der Waals surface area (Å²) in [4.78, 5) is 25.9. The number of urea groups is 1. The SMILES string of the molecule is CC(C)N(CC(=O)O)C(=O)N(C)Cc1csc(Br)c1. The second kappa shape index (κ2) is 6.91. The van der Waals surface area contributed by atoms with E-state index in [0.29, 0.717) is 6.54 Å². The van der Waals surface area contributed by atoms with Crippen LogP contribution >= 0.6 is 27.3 Å². The summed E-state index contributed by atoms with van der Waals surface area (Å²) in [5.74, 6) is -1.01. The normalized spacial score (nSPS) is 10.6. The van der Waals surface area contributed by atoms with Gasteiger partial charge in [0.15, 0.2) is 0 Å². The van der Waals surface area contributed by atoms with Gasteiger partial charge in [-0.3, -0.25) is 4.79 Å². The molecule has 0 atom stereocenters. The number of halogens is 1. The van der Waals surface area contributed by atoms with Gasteiger partial charge >= 0.3 is 12.0 Å². The molecule has 1 N–H and O–H groups in total. The first-order valence-electron chi connectivity index (χ1n) is 5.77. The highest BCUT2D eigenvalue weighted by molar-refractivity contribution is 9.11. The van der Waals surface area contributed by atoms with Crippen molar-refractivity contribution in [1.82, 2.24) is 9.80 Å². The van der Waals surface area contributed by atoms with Gasteiger partial charge in [-0.25, -0.2) is 4.79 Å². The van der Waals surface area contributed by atoms with Crippen LogP contribution in [0.1, 0.15) is 19.4 Å². The van der Waals surface area contributed by atoms with E-state index in [1.807, 2.05) is 11.4 Å². The van der Waals surface area contributed by atoms with Gasteiger partial charge in [0, 0.05) is 19.6 Å². The Balaban J connectivity index is 2.70. The van der Waals surface area contributed by atoms with Crippen molar-refractivity contribution in [3.8, 4) is 0 Å². The number of nitrogens with zero attached hydrogens (tertiary/aromatic N) is 2. The van der Waals surface area contributed by atoms with Crippen molar-refractivity contribution in [2.45, 2.75) is 26.4 Å². The number of carboxylic acids is 1. The molecule has 0 radical (unpaired) electrons. The lowest BCUT2D eigenvalue weighted by Crippen LogP contribution is -2.46. The Labute approximate surface area is 124 Å². The summed E-state index contributed by atoms with van der Waals surface area (Å²) in [5.41, 5.74) is 1.02. The number of amides is 2. The van der Waals surface area contributed by atoms with Gasteiger partial charge in [-0.1, -0.05) is 0 Å². The largest absolute Gasteiger partial charge is 0.480 e. The molecule has 0 spiro atoms. The van der Waals surface area contributed by atoms with E-state index in [1.165, 1.54) is 9.80 Å². The highest BCUT2D eigenvalue weighted by atomic mass is 79.9. The predicted octanol–water partition coefficient (Wildman–Crippen LogP) is 2.86. The summed E-state index contributed by atoms with van der Waals surface area (Å²) in [7, 11) is 1.67. The van der Waals surface area contributed by atoms with Crippen molar-refractivity contribution >= 4 is 39.3 Å². The third kappa shape index (κ3) is 4.83.